The number of rotatable bonds is 3. The summed E-state index contributed by atoms with van der Waals surface area (Å²) in [7, 11) is -3.97. The largest absolute Gasteiger partial charge is 0.379 e. The number of halogens is 1. The van der Waals surface area contributed by atoms with Crippen LogP contribution in [0.1, 0.15) is 18.1 Å². The van der Waals surface area contributed by atoms with Crippen LogP contribution in [-0.4, -0.2) is 50.4 Å². The summed E-state index contributed by atoms with van der Waals surface area (Å²) >= 11 is 6.08. The smallest absolute Gasteiger partial charge is 0.262 e. The summed E-state index contributed by atoms with van der Waals surface area (Å²) < 4.78 is 33.7. The highest BCUT2D eigenvalue weighted by Gasteiger charge is 2.47. The summed E-state index contributed by atoms with van der Waals surface area (Å²) in [6.45, 7) is 1.52. The molecule has 0 spiro atoms. The molecule has 1 saturated heterocycles. The van der Waals surface area contributed by atoms with Crippen molar-refractivity contribution in [3.05, 3.63) is 41.3 Å². The zero-order valence-corrected chi connectivity index (χ0v) is 14.7. The number of pyridine rings is 1. The quantitative estimate of drug-likeness (QED) is 0.716. The van der Waals surface area contributed by atoms with Crippen LogP contribution in [0.3, 0.4) is 0 Å². The molecule has 0 amide bonds. The Morgan fingerprint density at radius 1 is 1.36 bits per heavy atom. The first-order valence-electron chi connectivity index (χ1n) is 7.47. The number of aryl methyl sites for hydroxylation is 1. The zero-order valence-electron chi connectivity index (χ0n) is 13.1. The molecule has 3 aromatic rings. The SMILES string of the molecule is Cc1noc([C@]2(O)CCN(S(=O)(=O)c3c(Cl)nc4ccccn34)C2)n1. The second kappa shape index (κ2) is 5.49. The van der Waals surface area contributed by atoms with Crippen molar-refractivity contribution < 1.29 is 18.0 Å². The molecular weight excluding hydrogens is 370 g/mol. The van der Waals surface area contributed by atoms with E-state index in [9.17, 15) is 13.5 Å². The third-order valence-electron chi connectivity index (χ3n) is 4.17. The van der Waals surface area contributed by atoms with Crippen molar-refractivity contribution in [1.82, 2.24) is 23.8 Å². The van der Waals surface area contributed by atoms with E-state index in [1.165, 1.54) is 4.40 Å². The number of hydrogen-bond donors (Lipinski definition) is 1. The predicted octanol–water partition coefficient (Wildman–Crippen LogP) is 0.961. The van der Waals surface area contributed by atoms with E-state index in [-0.39, 0.29) is 35.6 Å². The number of sulfonamides is 1. The fraction of sp³-hybridized carbons (Fsp3) is 0.357. The molecule has 1 atom stereocenters. The maximum absolute atomic E-state index is 13.1. The highest BCUT2D eigenvalue weighted by Crippen LogP contribution is 2.35. The van der Waals surface area contributed by atoms with Gasteiger partial charge in [0.1, 0.15) is 5.65 Å². The minimum absolute atomic E-state index is 0.00643. The van der Waals surface area contributed by atoms with Gasteiger partial charge in [0.15, 0.2) is 21.6 Å². The summed E-state index contributed by atoms with van der Waals surface area (Å²) in [5, 5.41) is 14.1. The van der Waals surface area contributed by atoms with E-state index in [2.05, 4.69) is 15.1 Å². The number of fused-ring (bicyclic) bond motifs is 1. The standard InChI is InChI=1S/C14H14ClN5O4S/c1-9-16-13(24-18-9)14(21)5-7-19(8-14)25(22,23)12-11(15)17-10-4-2-3-6-20(10)12/h2-4,6,21H,5,7-8H2,1H3/t14-/m0/s1. The molecule has 3 aromatic heterocycles. The van der Waals surface area contributed by atoms with Crippen LogP contribution < -0.4 is 0 Å². The van der Waals surface area contributed by atoms with Crippen molar-refractivity contribution in [2.75, 3.05) is 13.1 Å². The fourth-order valence-electron chi connectivity index (χ4n) is 2.92. The molecule has 1 aliphatic rings. The first-order valence-corrected chi connectivity index (χ1v) is 9.29. The van der Waals surface area contributed by atoms with Crippen molar-refractivity contribution in [2.24, 2.45) is 0 Å². The molecular formula is C14H14ClN5O4S. The van der Waals surface area contributed by atoms with Gasteiger partial charge in [-0.2, -0.15) is 9.29 Å². The Hall–Kier alpha value is -2.01. The van der Waals surface area contributed by atoms with E-state index in [1.807, 2.05) is 0 Å². The molecule has 0 saturated carbocycles. The van der Waals surface area contributed by atoms with Gasteiger partial charge in [-0.1, -0.05) is 22.8 Å². The topological polar surface area (TPSA) is 114 Å². The van der Waals surface area contributed by atoms with E-state index >= 15 is 0 Å². The lowest BCUT2D eigenvalue weighted by molar-refractivity contribution is 0.0194. The summed E-state index contributed by atoms with van der Waals surface area (Å²) in [5.41, 5.74) is -1.10. The number of imidazole rings is 1. The van der Waals surface area contributed by atoms with Crippen LogP contribution in [0.2, 0.25) is 5.15 Å². The van der Waals surface area contributed by atoms with E-state index in [4.69, 9.17) is 16.1 Å². The van der Waals surface area contributed by atoms with Crippen LogP contribution >= 0.6 is 11.6 Å². The molecule has 132 valence electrons. The van der Waals surface area contributed by atoms with Gasteiger partial charge in [0.2, 0.25) is 0 Å². The highest BCUT2D eigenvalue weighted by atomic mass is 35.5. The van der Waals surface area contributed by atoms with E-state index in [1.54, 1.807) is 31.3 Å². The van der Waals surface area contributed by atoms with E-state index in [0.717, 1.165) is 4.31 Å². The summed E-state index contributed by atoms with van der Waals surface area (Å²) in [6.07, 6.45) is 1.72. The van der Waals surface area contributed by atoms with Gasteiger partial charge < -0.3 is 9.63 Å². The average Bonchev–Trinajstić information content (AvgIpc) is 3.24. The molecule has 1 N–H and O–H groups in total. The number of hydrogen-bond acceptors (Lipinski definition) is 7. The molecule has 25 heavy (non-hydrogen) atoms. The van der Waals surface area contributed by atoms with Gasteiger partial charge in [0.25, 0.3) is 15.9 Å². The van der Waals surface area contributed by atoms with Gasteiger partial charge in [0.05, 0.1) is 6.54 Å². The molecule has 4 heterocycles. The van der Waals surface area contributed by atoms with Crippen LogP contribution in [0.25, 0.3) is 5.65 Å². The van der Waals surface area contributed by atoms with Crippen molar-refractivity contribution in [2.45, 2.75) is 24.0 Å². The molecule has 1 fully saturated rings. The molecule has 1 aliphatic heterocycles. The Balaban J connectivity index is 1.73. The van der Waals surface area contributed by atoms with Crippen molar-refractivity contribution in [1.29, 1.82) is 0 Å². The zero-order chi connectivity index (χ0) is 17.8. The van der Waals surface area contributed by atoms with Gasteiger partial charge in [-0.15, -0.1) is 0 Å². The van der Waals surface area contributed by atoms with Crippen LogP contribution in [-0.2, 0) is 15.6 Å². The molecule has 4 rings (SSSR count). The van der Waals surface area contributed by atoms with E-state index in [0.29, 0.717) is 11.5 Å². The lowest BCUT2D eigenvalue weighted by Gasteiger charge is -2.19. The lowest BCUT2D eigenvalue weighted by Crippen LogP contribution is -2.35. The lowest BCUT2D eigenvalue weighted by atomic mass is 10.0. The van der Waals surface area contributed by atoms with E-state index < -0.39 is 15.6 Å². The molecule has 0 bridgehead atoms. The maximum Gasteiger partial charge on any atom is 0.262 e. The van der Waals surface area contributed by atoms with Crippen LogP contribution in [0.4, 0.5) is 0 Å². The van der Waals surface area contributed by atoms with Gasteiger partial charge in [-0.05, 0) is 19.1 Å². The highest BCUT2D eigenvalue weighted by molar-refractivity contribution is 7.89. The molecule has 0 aliphatic carbocycles. The Bertz CT molecular complexity index is 1060. The average molecular weight is 384 g/mol. The van der Waals surface area contributed by atoms with Gasteiger partial charge in [0, 0.05) is 19.2 Å². The monoisotopic (exact) mass is 383 g/mol. The second-order valence-electron chi connectivity index (χ2n) is 5.90. The minimum atomic E-state index is -3.97. The third-order valence-corrected chi connectivity index (χ3v) is 6.41. The second-order valence-corrected chi connectivity index (χ2v) is 8.11. The van der Waals surface area contributed by atoms with Crippen molar-refractivity contribution in [3.8, 4) is 0 Å². The Labute approximate surface area is 147 Å². The molecule has 0 aromatic carbocycles. The van der Waals surface area contributed by atoms with Gasteiger partial charge in [-0.3, -0.25) is 4.40 Å². The molecule has 9 nitrogen and oxygen atoms in total. The molecule has 11 heteroatoms. The number of aromatic nitrogens is 4. The van der Waals surface area contributed by atoms with Crippen LogP contribution in [0.5, 0.6) is 0 Å². The van der Waals surface area contributed by atoms with Gasteiger partial charge >= 0.3 is 0 Å². The summed E-state index contributed by atoms with van der Waals surface area (Å²) in [4.78, 5) is 8.09. The fourth-order valence-corrected chi connectivity index (χ4v) is 5.01. The Morgan fingerprint density at radius 2 is 2.16 bits per heavy atom. The summed E-state index contributed by atoms with van der Waals surface area (Å²) in [5.74, 6) is 0.376. The van der Waals surface area contributed by atoms with Crippen LogP contribution in [0, 0.1) is 6.92 Å². The maximum atomic E-state index is 13.1. The van der Waals surface area contributed by atoms with Crippen LogP contribution in [0.15, 0.2) is 33.9 Å². The number of nitrogens with zero attached hydrogens (tertiary/aromatic N) is 5. The predicted molar refractivity (Wildman–Crippen MR) is 86.5 cm³/mol. The number of aliphatic hydroxyl groups is 1. The third kappa shape index (κ3) is 2.53. The molecule has 0 unspecified atom stereocenters. The summed E-state index contributed by atoms with van der Waals surface area (Å²) in [6, 6.07) is 5.08. The van der Waals surface area contributed by atoms with Crippen molar-refractivity contribution >= 4 is 27.3 Å². The molecule has 0 radical (unpaired) electrons. The van der Waals surface area contributed by atoms with Gasteiger partial charge in [-0.25, -0.2) is 13.4 Å². The Kier molecular flexibility index (Phi) is 3.62. The first-order chi connectivity index (χ1) is 11.8. The first kappa shape index (κ1) is 16.5. The number of β-amino-alcohol motifs (C(OH)–C–C–N with tert-alkyl or cyclic N) is 1. The Morgan fingerprint density at radius 3 is 2.88 bits per heavy atom. The van der Waals surface area contributed by atoms with Crippen molar-refractivity contribution in [3.63, 3.8) is 0 Å². The normalized spacial score (nSPS) is 22.0. The minimum Gasteiger partial charge on any atom is -0.379 e.